The number of hydrogen-bond donors (Lipinski definition) is 2. The quantitative estimate of drug-likeness (QED) is 0.798. The van der Waals surface area contributed by atoms with E-state index in [0.717, 1.165) is 44.2 Å². The van der Waals surface area contributed by atoms with E-state index in [9.17, 15) is 14.7 Å². The van der Waals surface area contributed by atoms with Gasteiger partial charge in [0.05, 0.1) is 12.6 Å². The summed E-state index contributed by atoms with van der Waals surface area (Å²) in [7, 11) is 0. The fraction of sp³-hybridized carbons (Fsp3) is 0.591. The maximum absolute atomic E-state index is 12.4. The molecule has 29 heavy (non-hydrogen) atoms. The van der Waals surface area contributed by atoms with Gasteiger partial charge in [-0.3, -0.25) is 9.69 Å². The third-order valence-corrected chi connectivity index (χ3v) is 6.86. The number of likely N-dealkylation sites (tertiary alicyclic amines) is 1. The van der Waals surface area contributed by atoms with Gasteiger partial charge in [-0.05, 0) is 62.5 Å². The van der Waals surface area contributed by atoms with Crippen LogP contribution in [0.4, 0.5) is 10.5 Å². The fourth-order valence-corrected chi connectivity index (χ4v) is 5.56. The Bertz CT molecular complexity index is 779. The number of rotatable bonds is 5. The van der Waals surface area contributed by atoms with Crippen LogP contribution in [-0.2, 0) is 4.79 Å². The SMILES string of the molecule is N#CC1CCCN1C(=O)CNC1CC2CC(N(C(=O)O)c3ccccc3)CC2C1. The van der Waals surface area contributed by atoms with E-state index < -0.39 is 6.09 Å². The lowest BCUT2D eigenvalue weighted by atomic mass is 10.0. The van der Waals surface area contributed by atoms with Crippen molar-refractivity contribution in [3.05, 3.63) is 30.3 Å². The van der Waals surface area contributed by atoms with Gasteiger partial charge in [-0.2, -0.15) is 5.26 Å². The second-order valence-electron chi connectivity index (χ2n) is 8.56. The summed E-state index contributed by atoms with van der Waals surface area (Å²) in [6.45, 7) is 0.970. The number of carbonyl (C=O) groups excluding carboxylic acids is 1. The number of nitrogens with zero attached hydrogens (tertiary/aromatic N) is 3. The first kappa shape index (κ1) is 19.7. The Balaban J connectivity index is 1.29. The van der Waals surface area contributed by atoms with Crippen LogP contribution >= 0.6 is 0 Å². The highest BCUT2D eigenvalue weighted by Gasteiger charge is 2.44. The molecule has 1 saturated heterocycles. The summed E-state index contributed by atoms with van der Waals surface area (Å²) >= 11 is 0. The highest BCUT2D eigenvalue weighted by Crippen LogP contribution is 2.46. The highest BCUT2D eigenvalue weighted by atomic mass is 16.4. The van der Waals surface area contributed by atoms with E-state index in [4.69, 9.17) is 5.26 Å². The number of fused-ring (bicyclic) bond motifs is 1. The number of hydrogen-bond acceptors (Lipinski definition) is 4. The molecule has 154 valence electrons. The standard InChI is InChI=1S/C22H28N4O3/c23-13-19-7-4-8-25(19)21(27)14-24-17-9-15-11-20(12-16(15)10-17)26(22(28)29)18-5-2-1-3-6-18/h1-3,5-6,15-17,19-20,24H,4,7-12,14H2,(H,28,29). The number of anilines is 1. The number of para-hydroxylation sites is 1. The van der Waals surface area contributed by atoms with Crippen LogP contribution in [0, 0.1) is 23.2 Å². The molecule has 1 aromatic carbocycles. The molecule has 4 rings (SSSR count). The van der Waals surface area contributed by atoms with Gasteiger partial charge in [0.25, 0.3) is 0 Å². The zero-order chi connectivity index (χ0) is 20.4. The molecule has 3 atom stereocenters. The third-order valence-electron chi connectivity index (χ3n) is 6.86. The molecule has 0 radical (unpaired) electrons. The molecular weight excluding hydrogens is 368 g/mol. The predicted octanol–water partition coefficient (Wildman–Crippen LogP) is 2.83. The van der Waals surface area contributed by atoms with E-state index in [2.05, 4.69) is 11.4 Å². The number of carboxylic acid groups (broad SMARTS) is 1. The van der Waals surface area contributed by atoms with Crippen molar-refractivity contribution in [3.8, 4) is 6.07 Å². The van der Waals surface area contributed by atoms with Crippen LogP contribution in [0.25, 0.3) is 0 Å². The molecule has 3 aliphatic rings. The molecule has 3 fully saturated rings. The molecule has 7 nitrogen and oxygen atoms in total. The third kappa shape index (κ3) is 4.08. The summed E-state index contributed by atoms with van der Waals surface area (Å²) < 4.78 is 0. The van der Waals surface area contributed by atoms with Crippen molar-refractivity contribution >= 4 is 17.7 Å². The van der Waals surface area contributed by atoms with Gasteiger partial charge in [-0.15, -0.1) is 0 Å². The lowest BCUT2D eigenvalue weighted by Crippen LogP contribution is -2.43. The number of benzene rings is 1. The first-order chi connectivity index (χ1) is 14.1. The van der Waals surface area contributed by atoms with Crippen molar-refractivity contribution in [3.63, 3.8) is 0 Å². The van der Waals surface area contributed by atoms with Gasteiger partial charge in [0.15, 0.2) is 0 Å². The first-order valence-corrected chi connectivity index (χ1v) is 10.6. The molecule has 1 aromatic rings. The molecule has 0 aromatic heterocycles. The summed E-state index contributed by atoms with van der Waals surface area (Å²) in [5.74, 6) is 1.01. The minimum Gasteiger partial charge on any atom is -0.465 e. The molecule has 2 N–H and O–H groups in total. The van der Waals surface area contributed by atoms with Crippen LogP contribution in [0.3, 0.4) is 0 Å². The van der Waals surface area contributed by atoms with Crippen LogP contribution < -0.4 is 10.2 Å². The van der Waals surface area contributed by atoms with Crippen molar-refractivity contribution in [1.82, 2.24) is 10.2 Å². The monoisotopic (exact) mass is 396 g/mol. The summed E-state index contributed by atoms with van der Waals surface area (Å²) in [6.07, 6.45) is 4.51. The molecule has 0 bridgehead atoms. The van der Waals surface area contributed by atoms with Crippen LogP contribution in [0.2, 0.25) is 0 Å². The van der Waals surface area contributed by atoms with E-state index in [1.807, 2.05) is 30.3 Å². The number of carbonyl (C=O) groups is 2. The van der Waals surface area contributed by atoms with E-state index >= 15 is 0 Å². The molecule has 7 heteroatoms. The summed E-state index contributed by atoms with van der Waals surface area (Å²) in [4.78, 5) is 27.5. The van der Waals surface area contributed by atoms with Gasteiger partial charge in [0, 0.05) is 24.3 Å². The first-order valence-electron chi connectivity index (χ1n) is 10.6. The van der Waals surface area contributed by atoms with Crippen LogP contribution in [0.15, 0.2) is 30.3 Å². The van der Waals surface area contributed by atoms with Gasteiger partial charge in [-0.25, -0.2) is 4.79 Å². The lowest BCUT2D eigenvalue weighted by Gasteiger charge is -2.27. The van der Waals surface area contributed by atoms with Gasteiger partial charge in [0.1, 0.15) is 6.04 Å². The van der Waals surface area contributed by atoms with Crippen molar-refractivity contribution in [1.29, 1.82) is 5.26 Å². The zero-order valence-electron chi connectivity index (χ0n) is 16.5. The molecule has 3 unspecified atom stereocenters. The lowest BCUT2D eigenvalue weighted by molar-refractivity contribution is -0.130. The molecule has 2 amide bonds. The molecule has 1 heterocycles. The van der Waals surface area contributed by atoms with E-state index in [1.165, 1.54) is 4.90 Å². The average molecular weight is 396 g/mol. The maximum atomic E-state index is 12.4. The van der Waals surface area contributed by atoms with Gasteiger partial charge >= 0.3 is 6.09 Å². The van der Waals surface area contributed by atoms with Crippen molar-refractivity contribution in [2.45, 2.75) is 56.7 Å². The van der Waals surface area contributed by atoms with Gasteiger partial charge in [0.2, 0.25) is 5.91 Å². The molecule has 1 aliphatic heterocycles. The van der Waals surface area contributed by atoms with Gasteiger partial charge in [-0.1, -0.05) is 18.2 Å². The normalized spacial score (nSPS) is 30.7. The Kier molecular flexibility index (Phi) is 5.72. The largest absolute Gasteiger partial charge is 0.465 e. The minimum atomic E-state index is -0.890. The topological polar surface area (TPSA) is 96.7 Å². The Morgan fingerprint density at radius 1 is 1.17 bits per heavy atom. The molecule has 2 saturated carbocycles. The molecular formula is C22H28N4O3. The molecule has 2 aliphatic carbocycles. The number of nitriles is 1. The Morgan fingerprint density at radius 2 is 1.86 bits per heavy atom. The predicted molar refractivity (Wildman–Crippen MR) is 108 cm³/mol. The number of nitrogens with one attached hydrogen (secondary N) is 1. The minimum absolute atomic E-state index is 0.0186. The van der Waals surface area contributed by atoms with Crippen molar-refractivity contribution < 1.29 is 14.7 Å². The number of amides is 2. The van der Waals surface area contributed by atoms with Gasteiger partial charge < -0.3 is 15.3 Å². The van der Waals surface area contributed by atoms with Crippen LogP contribution in [0.5, 0.6) is 0 Å². The smallest absolute Gasteiger partial charge is 0.412 e. The van der Waals surface area contributed by atoms with Crippen LogP contribution in [-0.4, -0.2) is 53.2 Å². The zero-order valence-corrected chi connectivity index (χ0v) is 16.5. The summed E-state index contributed by atoms with van der Waals surface area (Å²) in [6, 6.07) is 11.6. The van der Waals surface area contributed by atoms with Crippen molar-refractivity contribution in [2.24, 2.45) is 11.8 Å². The second kappa shape index (κ2) is 8.42. The molecule has 0 spiro atoms. The Hall–Kier alpha value is -2.59. The maximum Gasteiger partial charge on any atom is 0.412 e. The van der Waals surface area contributed by atoms with E-state index in [1.54, 1.807) is 4.90 Å². The highest BCUT2D eigenvalue weighted by molar-refractivity contribution is 5.86. The average Bonchev–Trinajstić information content (AvgIpc) is 3.41. The second-order valence-corrected chi connectivity index (χ2v) is 8.56. The summed E-state index contributed by atoms with van der Waals surface area (Å²) in [5, 5.41) is 22.3. The van der Waals surface area contributed by atoms with E-state index in [-0.39, 0.29) is 24.5 Å². The van der Waals surface area contributed by atoms with E-state index in [0.29, 0.717) is 24.4 Å². The summed E-state index contributed by atoms with van der Waals surface area (Å²) in [5.41, 5.74) is 0.739. The van der Waals surface area contributed by atoms with Crippen molar-refractivity contribution in [2.75, 3.05) is 18.0 Å². The Morgan fingerprint density at radius 3 is 2.48 bits per heavy atom. The fourth-order valence-electron chi connectivity index (χ4n) is 5.56. The Labute approximate surface area is 171 Å². The van der Waals surface area contributed by atoms with Crippen LogP contribution in [0.1, 0.15) is 38.5 Å².